The summed E-state index contributed by atoms with van der Waals surface area (Å²) in [7, 11) is 1.67. The number of hydrogen-bond acceptors (Lipinski definition) is 4. The lowest BCUT2D eigenvalue weighted by Crippen LogP contribution is -2.21. The van der Waals surface area contributed by atoms with Gasteiger partial charge in [0.1, 0.15) is 11.3 Å². The molecule has 0 N–H and O–H groups in total. The fourth-order valence-electron chi connectivity index (χ4n) is 2.98. The minimum Gasteiger partial charge on any atom is -0.271 e. The maximum atomic E-state index is 13.2. The highest BCUT2D eigenvalue weighted by molar-refractivity contribution is 6.05. The second-order valence-corrected chi connectivity index (χ2v) is 5.85. The molecule has 132 valence electrons. The summed E-state index contributed by atoms with van der Waals surface area (Å²) in [5, 5.41) is 5.15. The van der Waals surface area contributed by atoms with Gasteiger partial charge in [0, 0.05) is 29.7 Å². The highest BCUT2D eigenvalue weighted by atomic mass is 19.4. The smallest absolute Gasteiger partial charge is 0.271 e. The van der Waals surface area contributed by atoms with E-state index >= 15 is 0 Å². The Morgan fingerprint density at radius 3 is 2.58 bits per heavy atom. The summed E-state index contributed by atoms with van der Waals surface area (Å²) in [6, 6.07) is 5.41. The van der Waals surface area contributed by atoms with Crippen LogP contribution in [0, 0.1) is 6.92 Å². The van der Waals surface area contributed by atoms with Gasteiger partial charge in [0.25, 0.3) is 5.56 Å². The van der Waals surface area contributed by atoms with Crippen molar-refractivity contribution in [2.24, 2.45) is 7.05 Å². The van der Waals surface area contributed by atoms with Gasteiger partial charge < -0.3 is 0 Å². The van der Waals surface area contributed by atoms with Crippen molar-refractivity contribution in [1.29, 1.82) is 0 Å². The van der Waals surface area contributed by atoms with Crippen LogP contribution < -0.4 is 5.56 Å². The fraction of sp³-hybridized carbons (Fsp3) is 0.176. The topological polar surface area (TPSA) is 65.6 Å². The van der Waals surface area contributed by atoms with Gasteiger partial charge in [-0.05, 0) is 31.2 Å². The molecule has 0 atom stereocenters. The van der Waals surface area contributed by atoms with Gasteiger partial charge in [0.2, 0.25) is 0 Å². The molecule has 0 aliphatic carbocycles. The summed E-state index contributed by atoms with van der Waals surface area (Å²) < 4.78 is 42.1. The Hall–Kier alpha value is -3.23. The summed E-state index contributed by atoms with van der Waals surface area (Å²) in [6.07, 6.45) is -1.72. The first kappa shape index (κ1) is 16.2. The molecule has 0 amide bonds. The Balaban J connectivity index is 2.26. The third-order valence-electron chi connectivity index (χ3n) is 4.29. The van der Waals surface area contributed by atoms with Crippen LogP contribution >= 0.6 is 0 Å². The Labute approximate surface area is 144 Å². The summed E-state index contributed by atoms with van der Waals surface area (Å²) in [4.78, 5) is 20.7. The molecule has 0 radical (unpaired) electrons. The number of fused-ring (bicyclic) bond motifs is 3. The average molecular weight is 359 g/mol. The maximum absolute atomic E-state index is 13.2. The number of nitrogens with zero attached hydrogens (tertiary/aromatic N) is 5. The van der Waals surface area contributed by atoms with Crippen LogP contribution in [-0.4, -0.2) is 24.3 Å². The number of halogens is 3. The first-order valence-corrected chi connectivity index (χ1v) is 7.65. The van der Waals surface area contributed by atoms with E-state index in [9.17, 15) is 18.0 Å². The quantitative estimate of drug-likeness (QED) is 0.524. The van der Waals surface area contributed by atoms with Crippen LogP contribution in [-0.2, 0) is 13.2 Å². The van der Waals surface area contributed by atoms with E-state index in [2.05, 4.69) is 15.1 Å². The molecule has 9 heteroatoms. The summed E-state index contributed by atoms with van der Waals surface area (Å²) >= 11 is 0. The molecule has 0 spiro atoms. The molecule has 4 aromatic heterocycles. The molecule has 0 aliphatic heterocycles. The average Bonchev–Trinajstić information content (AvgIpc) is 2.91. The van der Waals surface area contributed by atoms with Crippen molar-refractivity contribution in [3.63, 3.8) is 0 Å². The van der Waals surface area contributed by atoms with Crippen molar-refractivity contribution < 1.29 is 13.2 Å². The van der Waals surface area contributed by atoms with Gasteiger partial charge in [-0.25, -0.2) is 4.98 Å². The molecule has 0 fully saturated rings. The molecule has 0 aromatic carbocycles. The third-order valence-corrected chi connectivity index (χ3v) is 4.29. The molecular weight excluding hydrogens is 347 g/mol. The van der Waals surface area contributed by atoms with E-state index in [1.807, 2.05) is 0 Å². The zero-order valence-electron chi connectivity index (χ0n) is 13.7. The Kier molecular flexibility index (Phi) is 3.36. The molecular formula is C17H12F3N5O. The van der Waals surface area contributed by atoms with Gasteiger partial charge in [-0.1, -0.05) is 0 Å². The number of rotatable bonds is 1. The number of pyridine rings is 3. The van der Waals surface area contributed by atoms with Gasteiger partial charge in [-0.3, -0.25) is 19.0 Å². The highest BCUT2D eigenvalue weighted by Gasteiger charge is 2.33. The lowest BCUT2D eigenvalue weighted by molar-refractivity contribution is -0.141. The number of hydrogen-bond donors (Lipinski definition) is 0. The summed E-state index contributed by atoms with van der Waals surface area (Å²) in [6.45, 7) is 1.75. The molecule has 0 unspecified atom stereocenters. The largest absolute Gasteiger partial charge is 0.433 e. The molecule has 4 heterocycles. The third kappa shape index (κ3) is 2.27. The van der Waals surface area contributed by atoms with Gasteiger partial charge >= 0.3 is 6.18 Å². The molecule has 0 saturated heterocycles. The van der Waals surface area contributed by atoms with E-state index in [-0.39, 0.29) is 11.2 Å². The van der Waals surface area contributed by atoms with Crippen molar-refractivity contribution in [2.75, 3.05) is 0 Å². The Morgan fingerprint density at radius 1 is 1.15 bits per heavy atom. The lowest BCUT2D eigenvalue weighted by Gasteiger charge is -2.12. The first-order chi connectivity index (χ1) is 12.3. The minimum absolute atomic E-state index is 0.0820. The van der Waals surface area contributed by atoms with Crippen LogP contribution in [0.5, 0.6) is 0 Å². The van der Waals surface area contributed by atoms with Gasteiger partial charge in [0.15, 0.2) is 5.52 Å². The van der Waals surface area contributed by atoms with Gasteiger partial charge in [-0.15, -0.1) is 0 Å². The molecule has 0 bridgehead atoms. The SMILES string of the molecule is Cc1c2c(nn1C)c(=O)n(-c1cccnc1)c1nc(C(F)(F)F)ccc21. The second-order valence-electron chi connectivity index (χ2n) is 5.85. The monoisotopic (exact) mass is 359 g/mol. The standard InChI is InChI=1S/C17H12F3N5O/c1-9-13-11-5-6-12(17(18,19)20)22-15(11)25(10-4-3-7-21-8-10)16(26)14(13)23-24(9)2/h3-8H,1-2H3. The molecule has 4 rings (SSSR count). The number of aromatic nitrogens is 5. The Morgan fingerprint density at radius 2 is 1.92 bits per heavy atom. The lowest BCUT2D eigenvalue weighted by atomic mass is 10.1. The van der Waals surface area contributed by atoms with Crippen LogP contribution in [0.2, 0.25) is 0 Å². The van der Waals surface area contributed by atoms with E-state index in [0.717, 1.165) is 10.6 Å². The zero-order chi connectivity index (χ0) is 18.6. The van der Waals surface area contributed by atoms with Crippen molar-refractivity contribution in [3.05, 3.63) is 58.4 Å². The second kappa shape index (κ2) is 5.38. The van der Waals surface area contributed by atoms with E-state index in [1.165, 1.54) is 23.1 Å². The minimum atomic E-state index is -4.62. The van der Waals surface area contributed by atoms with E-state index in [0.29, 0.717) is 22.2 Å². The van der Waals surface area contributed by atoms with Crippen molar-refractivity contribution in [2.45, 2.75) is 13.1 Å². The van der Waals surface area contributed by atoms with Crippen LogP contribution in [0.1, 0.15) is 11.4 Å². The molecule has 4 aromatic rings. The highest BCUT2D eigenvalue weighted by Crippen LogP contribution is 2.31. The van der Waals surface area contributed by atoms with Crippen molar-refractivity contribution in [1.82, 2.24) is 24.3 Å². The molecule has 0 aliphatic rings. The summed E-state index contributed by atoms with van der Waals surface area (Å²) in [5.41, 5.74) is -0.537. The first-order valence-electron chi connectivity index (χ1n) is 7.65. The van der Waals surface area contributed by atoms with Crippen LogP contribution in [0.3, 0.4) is 0 Å². The van der Waals surface area contributed by atoms with Gasteiger partial charge in [0.05, 0.1) is 11.9 Å². The fourth-order valence-corrected chi connectivity index (χ4v) is 2.98. The maximum Gasteiger partial charge on any atom is 0.433 e. The number of alkyl halides is 3. The van der Waals surface area contributed by atoms with E-state index in [1.54, 1.807) is 26.1 Å². The van der Waals surface area contributed by atoms with E-state index < -0.39 is 17.4 Å². The normalized spacial score (nSPS) is 12.2. The van der Waals surface area contributed by atoms with E-state index in [4.69, 9.17) is 0 Å². The molecule has 26 heavy (non-hydrogen) atoms. The van der Waals surface area contributed by atoms with Crippen LogP contribution in [0.4, 0.5) is 13.2 Å². The predicted molar refractivity (Wildman–Crippen MR) is 89.1 cm³/mol. The summed E-state index contributed by atoms with van der Waals surface area (Å²) in [5.74, 6) is 0. The van der Waals surface area contributed by atoms with Crippen molar-refractivity contribution in [3.8, 4) is 5.69 Å². The van der Waals surface area contributed by atoms with Crippen LogP contribution in [0.15, 0.2) is 41.5 Å². The Bertz CT molecular complexity index is 1210. The zero-order valence-corrected chi connectivity index (χ0v) is 13.7. The van der Waals surface area contributed by atoms with Gasteiger partial charge in [-0.2, -0.15) is 18.3 Å². The molecule has 0 saturated carbocycles. The predicted octanol–water partition coefficient (Wildman–Crippen LogP) is 2.99. The molecule has 6 nitrogen and oxygen atoms in total. The van der Waals surface area contributed by atoms with Crippen LogP contribution in [0.25, 0.3) is 27.6 Å². The van der Waals surface area contributed by atoms with Crippen molar-refractivity contribution >= 4 is 21.9 Å². The number of aryl methyl sites for hydroxylation is 2.